The number of rotatable bonds is 2. The number of likely N-dealkylation sites (N-methyl/N-ethyl adjacent to an activating group) is 1. The molecule has 5 heteroatoms. The Hall–Kier alpha value is -1.07. The molecule has 92 valence electrons. The molecule has 1 fully saturated rings. The Morgan fingerprint density at radius 1 is 1.29 bits per heavy atom. The Bertz CT molecular complexity index is 425. The summed E-state index contributed by atoms with van der Waals surface area (Å²) in [5.74, 6) is 0.131. The van der Waals surface area contributed by atoms with Gasteiger partial charge in [0.2, 0.25) is 0 Å². The van der Waals surface area contributed by atoms with Crippen molar-refractivity contribution < 1.29 is 0 Å². The van der Waals surface area contributed by atoms with Crippen LogP contribution < -0.4 is 10.6 Å². The van der Waals surface area contributed by atoms with Crippen LogP contribution in [0.25, 0.3) is 0 Å². The highest BCUT2D eigenvalue weighted by Gasteiger charge is 2.18. The van der Waals surface area contributed by atoms with Crippen molar-refractivity contribution in [2.24, 2.45) is 5.73 Å². The summed E-state index contributed by atoms with van der Waals surface area (Å²) in [6.45, 7) is 4.05. The van der Waals surface area contributed by atoms with Crippen LogP contribution in [0.4, 0.5) is 5.69 Å². The van der Waals surface area contributed by atoms with E-state index in [1.54, 1.807) is 0 Å². The molecule has 0 aromatic heterocycles. The quantitative estimate of drug-likeness (QED) is 0.642. The minimum Gasteiger partial charge on any atom is -0.384 e. The Balaban J connectivity index is 2.30. The lowest BCUT2D eigenvalue weighted by Gasteiger charge is -2.35. The Labute approximate surface area is 110 Å². The van der Waals surface area contributed by atoms with Crippen LogP contribution in [0.5, 0.6) is 0 Å². The van der Waals surface area contributed by atoms with E-state index in [-0.39, 0.29) is 5.84 Å². The van der Waals surface area contributed by atoms with Crippen LogP contribution in [-0.2, 0) is 0 Å². The molecule has 3 N–H and O–H groups in total. The third kappa shape index (κ3) is 2.79. The van der Waals surface area contributed by atoms with Crippen LogP contribution in [0.1, 0.15) is 5.56 Å². The molecule has 0 amide bonds. The van der Waals surface area contributed by atoms with Crippen molar-refractivity contribution in [3.05, 3.63) is 28.2 Å². The molecule has 4 nitrogen and oxygen atoms in total. The van der Waals surface area contributed by atoms with E-state index < -0.39 is 0 Å². The highest BCUT2D eigenvalue weighted by Crippen LogP contribution is 2.25. The molecule has 1 aromatic carbocycles. The summed E-state index contributed by atoms with van der Waals surface area (Å²) in [5.41, 5.74) is 7.50. The van der Waals surface area contributed by atoms with Crippen molar-refractivity contribution in [2.45, 2.75) is 0 Å². The topological polar surface area (TPSA) is 56.4 Å². The average molecular weight is 297 g/mol. The van der Waals surface area contributed by atoms with Crippen molar-refractivity contribution in [1.29, 1.82) is 5.41 Å². The summed E-state index contributed by atoms with van der Waals surface area (Å²) in [6, 6.07) is 5.87. The molecule has 1 aliphatic rings. The fourth-order valence-electron chi connectivity index (χ4n) is 2.04. The monoisotopic (exact) mass is 296 g/mol. The van der Waals surface area contributed by atoms with Gasteiger partial charge >= 0.3 is 0 Å². The highest BCUT2D eigenvalue weighted by atomic mass is 79.9. The summed E-state index contributed by atoms with van der Waals surface area (Å²) < 4.78 is 1.02. The van der Waals surface area contributed by atoms with Crippen molar-refractivity contribution in [3.8, 4) is 0 Å². The van der Waals surface area contributed by atoms with Gasteiger partial charge in [-0.2, -0.15) is 0 Å². The second kappa shape index (κ2) is 5.06. The smallest absolute Gasteiger partial charge is 0.124 e. The molecule has 0 spiro atoms. The number of nitrogen functional groups attached to an aromatic ring is 1. The van der Waals surface area contributed by atoms with Crippen LogP contribution in [0.15, 0.2) is 22.7 Å². The van der Waals surface area contributed by atoms with Crippen LogP contribution >= 0.6 is 15.9 Å². The standard InChI is InChI=1S/C12H17BrN4/c1-16-4-6-17(7-5-16)11-8-9(13)2-3-10(11)12(14)15/h2-3,8H,4-7H2,1H3,(H3,14,15). The largest absolute Gasteiger partial charge is 0.384 e. The second-order valence-electron chi connectivity index (χ2n) is 4.37. The molecule has 0 radical (unpaired) electrons. The summed E-state index contributed by atoms with van der Waals surface area (Å²) in [7, 11) is 2.13. The number of nitrogens with two attached hydrogens (primary N) is 1. The summed E-state index contributed by atoms with van der Waals surface area (Å²) in [5, 5.41) is 7.63. The fourth-order valence-corrected chi connectivity index (χ4v) is 2.39. The molecule has 0 aliphatic carbocycles. The first-order valence-corrected chi connectivity index (χ1v) is 6.44. The molecular formula is C12H17BrN4. The number of benzene rings is 1. The molecule has 1 saturated heterocycles. The molecule has 0 saturated carbocycles. The molecule has 0 unspecified atom stereocenters. The van der Waals surface area contributed by atoms with Gasteiger partial charge in [0.05, 0.1) is 0 Å². The minimum absolute atomic E-state index is 0.131. The summed E-state index contributed by atoms with van der Waals surface area (Å²) >= 11 is 3.48. The Morgan fingerprint density at radius 2 is 1.94 bits per heavy atom. The number of nitrogens with zero attached hydrogens (tertiary/aromatic N) is 2. The zero-order valence-electron chi connectivity index (χ0n) is 9.91. The van der Waals surface area contributed by atoms with Crippen molar-refractivity contribution in [2.75, 3.05) is 38.1 Å². The van der Waals surface area contributed by atoms with Crippen molar-refractivity contribution in [3.63, 3.8) is 0 Å². The van der Waals surface area contributed by atoms with E-state index in [4.69, 9.17) is 11.1 Å². The highest BCUT2D eigenvalue weighted by molar-refractivity contribution is 9.10. The van der Waals surface area contributed by atoms with E-state index in [1.165, 1.54) is 0 Å². The molecule has 0 atom stereocenters. The number of halogens is 1. The van der Waals surface area contributed by atoms with Gasteiger partial charge < -0.3 is 15.5 Å². The van der Waals surface area contributed by atoms with Gasteiger partial charge in [-0.3, -0.25) is 5.41 Å². The van der Waals surface area contributed by atoms with E-state index in [0.29, 0.717) is 0 Å². The van der Waals surface area contributed by atoms with E-state index in [2.05, 4.69) is 32.8 Å². The number of hydrogen-bond donors (Lipinski definition) is 2. The number of anilines is 1. The molecule has 1 aromatic rings. The Kier molecular flexibility index (Phi) is 3.69. The first kappa shape index (κ1) is 12.4. The third-order valence-electron chi connectivity index (χ3n) is 3.09. The number of hydrogen-bond acceptors (Lipinski definition) is 3. The Morgan fingerprint density at radius 3 is 2.53 bits per heavy atom. The van der Waals surface area contributed by atoms with Gasteiger partial charge in [0.1, 0.15) is 5.84 Å². The first-order valence-electron chi connectivity index (χ1n) is 5.65. The normalized spacial score (nSPS) is 17.2. The molecule has 1 aliphatic heterocycles. The van der Waals surface area contributed by atoms with E-state index in [9.17, 15) is 0 Å². The number of nitrogens with one attached hydrogen (secondary N) is 1. The summed E-state index contributed by atoms with van der Waals surface area (Å²) in [6.07, 6.45) is 0. The molecule has 1 heterocycles. The summed E-state index contributed by atoms with van der Waals surface area (Å²) in [4.78, 5) is 4.60. The molecular weight excluding hydrogens is 280 g/mol. The van der Waals surface area contributed by atoms with Gasteiger partial charge in [0.25, 0.3) is 0 Å². The van der Waals surface area contributed by atoms with Gasteiger partial charge in [-0.25, -0.2) is 0 Å². The predicted molar refractivity (Wildman–Crippen MR) is 74.9 cm³/mol. The average Bonchev–Trinajstić information content (AvgIpc) is 2.29. The SMILES string of the molecule is CN1CCN(c2cc(Br)ccc2C(=N)N)CC1. The second-order valence-corrected chi connectivity index (χ2v) is 5.28. The fraction of sp³-hybridized carbons (Fsp3) is 0.417. The zero-order valence-corrected chi connectivity index (χ0v) is 11.5. The van der Waals surface area contributed by atoms with Gasteiger partial charge in [0, 0.05) is 41.9 Å². The molecule has 0 bridgehead atoms. The maximum Gasteiger partial charge on any atom is 0.124 e. The number of piperazine rings is 1. The third-order valence-corrected chi connectivity index (χ3v) is 3.59. The van der Waals surface area contributed by atoms with Gasteiger partial charge in [-0.1, -0.05) is 15.9 Å². The van der Waals surface area contributed by atoms with Crippen LogP contribution in [0, 0.1) is 5.41 Å². The predicted octanol–water partition coefficient (Wildman–Crippen LogP) is 1.48. The minimum atomic E-state index is 0.131. The number of amidine groups is 1. The van der Waals surface area contributed by atoms with Crippen molar-refractivity contribution >= 4 is 27.5 Å². The van der Waals surface area contributed by atoms with E-state index >= 15 is 0 Å². The van der Waals surface area contributed by atoms with Gasteiger partial charge in [-0.15, -0.1) is 0 Å². The zero-order chi connectivity index (χ0) is 12.4. The lowest BCUT2D eigenvalue weighted by atomic mass is 10.1. The maximum atomic E-state index is 7.63. The van der Waals surface area contributed by atoms with E-state index in [1.807, 2.05) is 18.2 Å². The molecule has 2 rings (SSSR count). The maximum absolute atomic E-state index is 7.63. The van der Waals surface area contributed by atoms with Crippen LogP contribution in [0.2, 0.25) is 0 Å². The lowest BCUT2D eigenvalue weighted by molar-refractivity contribution is 0.313. The van der Waals surface area contributed by atoms with Gasteiger partial charge in [0.15, 0.2) is 0 Å². The lowest BCUT2D eigenvalue weighted by Crippen LogP contribution is -2.45. The first-order chi connectivity index (χ1) is 8.08. The van der Waals surface area contributed by atoms with Crippen LogP contribution in [0.3, 0.4) is 0 Å². The van der Waals surface area contributed by atoms with E-state index in [0.717, 1.165) is 41.9 Å². The van der Waals surface area contributed by atoms with Crippen molar-refractivity contribution in [1.82, 2.24) is 4.90 Å². The van der Waals surface area contributed by atoms with Gasteiger partial charge in [-0.05, 0) is 25.2 Å². The molecule has 17 heavy (non-hydrogen) atoms. The van der Waals surface area contributed by atoms with Crippen LogP contribution in [-0.4, -0.2) is 44.0 Å².